The van der Waals surface area contributed by atoms with Crippen molar-refractivity contribution in [2.75, 3.05) is 26.2 Å². The lowest BCUT2D eigenvalue weighted by Gasteiger charge is -2.29. The van der Waals surface area contributed by atoms with Crippen molar-refractivity contribution in [1.82, 2.24) is 15.5 Å². The number of amidine groups is 1. The number of hydrogen-bond donors (Lipinski definition) is 2. The first-order chi connectivity index (χ1) is 10.8. The third kappa shape index (κ3) is 2.29. The molecule has 1 fully saturated rings. The number of rotatable bonds is 1. The number of nitrogens with one attached hydrogen (secondary N) is 2. The smallest absolute Gasteiger partial charge is 0.229 e. The molecule has 0 aliphatic carbocycles. The van der Waals surface area contributed by atoms with Gasteiger partial charge in [-0.3, -0.25) is 20.0 Å². The van der Waals surface area contributed by atoms with Crippen LogP contribution in [0.15, 0.2) is 34.3 Å². The van der Waals surface area contributed by atoms with Gasteiger partial charge in [-0.25, -0.2) is 4.99 Å². The molecule has 1 amide bonds. The summed E-state index contributed by atoms with van der Waals surface area (Å²) in [5, 5.41) is 6.31. The highest BCUT2D eigenvalue weighted by molar-refractivity contribution is 6.18. The number of piperidine rings is 1. The van der Waals surface area contributed by atoms with Crippen LogP contribution < -0.4 is 10.6 Å². The molecule has 0 atom stereocenters. The van der Waals surface area contributed by atoms with Crippen LogP contribution in [0.3, 0.4) is 0 Å². The van der Waals surface area contributed by atoms with Crippen molar-refractivity contribution in [3.63, 3.8) is 0 Å². The Bertz CT molecular complexity index is 660. The van der Waals surface area contributed by atoms with E-state index in [-0.39, 0.29) is 11.8 Å². The average molecular weight is 297 g/mol. The molecule has 4 rings (SSSR count). The summed E-state index contributed by atoms with van der Waals surface area (Å²) in [6, 6.07) is 7.94. The van der Waals surface area contributed by atoms with E-state index < -0.39 is 0 Å². The van der Waals surface area contributed by atoms with Crippen molar-refractivity contribution in [3.05, 3.63) is 29.8 Å². The summed E-state index contributed by atoms with van der Waals surface area (Å²) in [6.45, 7) is 3.33. The highest BCUT2D eigenvalue weighted by atomic mass is 16.2. The molecule has 3 aliphatic heterocycles. The zero-order chi connectivity index (χ0) is 14.9. The zero-order valence-electron chi connectivity index (χ0n) is 12.4. The van der Waals surface area contributed by atoms with Gasteiger partial charge < -0.3 is 5.32 Å². The van der Waals surface area contributed by atoms with Crippen LogP contribution in [0.5, 0.6) is 0 Å². The number of carbonyl (C=O) groups excluding carboxylic acids is 1. The van der Waals surface area contributed by atoms with Crippen molar-refractivity contribution in [2.45, 2.75) is 12.8 Å². The quantitative estimate of drug-likeness (QED) is 0.808. The summed E-state index contributed by atoms with van der Waals surface area (Å²) < 4.78 is 0. The van der Waals surface area contributed by atoms with E-state index in [2.05, 4.69) is 20.6 Å². The Labute approximate surface area is 129 Å². The number of guanidine groups is 1. The summed E-state index contributed by atoms with van der Waals surface area (Å²) in [5.41, 5.74) is 1.92. The fourth-order valence-electron chi connectivity index (χ4n) is 3.21. The lowest BCUT2D eigenvalue weighted by Crippen LogP contribution is -2.50. The third-order valence-electron chi connectivity index (χ3n) is 4.41. The minimum atomic E-state index is 0.0733. The van der Waals surface area contributed by atoms with Crippen molar-refractivity contribution >= 4 is 23.4 Å². The van der Waals surface area contributed by atoms with E-state index in [1.807, 2.05) is 29.2 Å². The van der Waals surface area contributed by atoms with Crippen LogP contribution in [0.4, 0.5) is 5.69 Å². The van der Waals surface area contributed by atoms with E-state index in [4.69, 9.17) is 0 Å². The summed E-state index contributed by atoms with van der Waals surface area (Å²) in [4.78, 5) is 23.7. The molecule has 2 N–H and O–H groups in total. The van der Waals surface area contributed by atoms with E-state index in [0.29, 0.717) is 5.96 Å². The molecule has 0 unspecified atom stereocenters. The molecule has 1 aromatic rings. The van der Waals surface area contributed by atoms with Crippen molar-refractivity contribution in [3.8, 4) is 0 Å². The van der Waals surface area contributed by atoms with Crippen LogP contribution >= 0.6 is 0 Å². The van der Waals surface area contributed by atoms with Gasteiger partial charge in [0, 0.05) is 18.0 Å². The largest absolute Gasteiger partial charge is 0.317 e. The minimum absolute atomic E-state index is 0.0733. The maximum atomic E-state index is 12.5. The lowest BCUT2D eigenvalue weighted by molar-refractivity contribution is -0.124. The summed E-state index contributed by atoms with van der Waals surface area (Å²) in [6.07, 6.45) is 1.77. The first kappa shape index (κ1) is 13.5. The maximum absolute atomic E-state index is 12.5. The van der Waals surface area contributed by atoms with Gasteiger partial charge in [0.1, 0.15) is 5.84 Å². The molecule has 114 valence electrons. The Hall–Kier alpha value is -2.21. The Morgan fingerprint density at radius 1 is 1.27 bits per heavy atom. The van der Waals surface area contributed by atoms with Gasteiger partial charge in [-0.15, -0.1) is 0 Å². The number of fused-ring (bicyclic) bond motifs is 3. The topological polar surface area (TPSA) is 69.1 Å². The molecule has 0 spiro atoms. The van der Waals surface area contributed by atoms with Gasteiger partial charge in [0.05, 0.1) is 12.2 Å². The number of benzene rings is 1. The molecule has 0 saturated carbocycles. The van der Waals surface area contributed by atoms with E-state index in [0.717, 1.165) is 56.1 Å². The number of carbonyl (C=O) groups is 1. The fraction of sp³-hybridized carbons (Fsp3) is 0.438. The summed E-state index contributed by atoms with van der Waals surface area (Å²) in [7, 11) is 0. The lowest BCUT2D eigenvalue weighted by atomic mass is 9.97. The first-order valence-electron chi connectivity index (χ1n) is 7.84. The monoisotopic (exact) mass is 297 g/mol. The molecule has 0 radical (unpaired) electrons. The van der Waals surface area contributed by atoms with Gasteiger partial charge >= 0.3 is 0 Å². The molecular formula is C16H19N5O. The van der Waals surface area contributed by atoms with Gasteiger partial charge in [-0.1, -0.05) is 12.1 Å². The molecule has 1 saturated heterocycles. The van der Waals surface area contributed by atoms with Gasteiger partial charge in [-0.2, -0.15) is 0 Å². The summed E-state index contributed by atoms with van der Waals surface area (Å²) >= 11 is 0. The number of nitrogens with zero attached hydrogens (tertiary/aromatic N) is 3. The van der Waals surface area contributed by atoms with E-state index in [1.54, 1.807) is 0 Å². The normalized spacial score (nSPS) is 20.8. The second-order valence-corrected chi connectivity index (χ2v) is 5.82. The van der Waals surface area contributed by atoms with Crippen LogP contribution in [-0.2, 0) is 4.79 Å². The van der Waals surface area contributed by atoms with E-state index in [1.165, 1.54) is 0 Å². The highest BCUT2D eigenvalue weighted by Gasteiger charge is 2.31. The second-order valence-electron chi connectivity index (χ2n) is 5.82. The van der Waals surface area contributed by atoms with Crippen molar-refractivity contribution in [2.24, 2.45) is 15.9 Å². The van der Waals surface area contributed by atoms with Crippen molar-refractivity contribution < 1.29 is 4.79 Å². The molecular weight excluding hydrogens is 278 g/mol. The number of para-hydroxylation sites is 1. The SMILES string of the molecule is O=C(NC1=Nc2ccccc2C2=NCCN12)C1CCNCC1. The number of hydrogen-bond acceptors (Lipinski definition) is 5. The molecule has 0 aromatic heterocycles. The van der Waals surface area contributed by atoms with Crippen LogP contribution in [0, 0.1) is 5.92 Å². The molecule has 0 bridgehead atoms. The summed E-state index contributed by atoms with van der Waals surface area (Å²) in [5.74, 6) is 1.69. The molecule has 3 heterocycles. The first-order valence-corrected chi connectivity index (χ1v) is 7.84. The Balaban J connectivity index is 1.60. The molecule has 1 aromatic carbocycles. The average Bonchev–Trinajstić information content (AvgIpc) is 3.06. The van der Waals surface area contributed by atoms with Gasteiger partial charge in [0.25, 0.3) is 0 Å². The predicted molar refractivity (Wildman–Crippen MR) is 85.4 cm³/mol. The second kappa shape index (κ2) is 5.53. The fourth-order valence-corrected chi connectivity index (χ4v) is 3.21. The molecule has 3 aliphatic rings. The van der Waals surface area contributed by atoms with Gasteiger partial charge in [0.15, 0.2) is 0 Å². The Kier molecular flexibility index (Phi) is 3.38. The van der Waals surface area contributed by atoms with Gasteiger partial charge in [-0.05, 0) is 38.1 Å². The predicted octanol–water partition coefficient (Wildman–Crippen LogP) is 0.866. The van der Waals surface area contributed by atoms with Gasteiger partial charge in [0.2, 0.25) is 11.9 Å². The minimum Gasteiger partial charge on any atom is -0.317 e. The number of amides is 1. The van der Waals surface area contributed by atoms with Crippen molar-refractivity contribution in [1.29, 1.82) is 0 Å². The van der Waals surface area contributed by atoms with E-state index in [9.17, 15) is 4.79 Å². The molecule has 6 heteroatoms. The van der Waals surface area contributed by atoms with E-state index >= 15 is 0 Å². The van der Waals surface area contributed by atoms with Crippen LogP contribution in [0.1, 0.15) is 18.4 Å². The van der Waals surface area contributed by atoms with Crippen LogP contribution in [0.25, 0.3) is 0 Å². The Morgan fingerprint density at radius 2 is 2.09 bits per heavy atom. The standard InChI is InChI=1S/C16H19N5O/c22-15(11-5-7-17-8-6-11)20-16-19-13-4-2-1-3-12(13)14-18-9-10-21(14)16/h1-4,11,17H,5-10H2,(H,19,20,22). The Morgan fingerprint density at radius 3 is 2.95 bits per heavy atom. The molecule has 6 nitrogen and oxygen atoms in total. The van der Waals surface area contributed by atoms with Crippen LogP contribution in [-0.4, -0.2) is 48.8 Å². The number of aliphatic imine (C=N–C) groups is 2. The van der Waals surface area contributed by atoms with Crippen LogP contribution in [0.2, 0.25) is 0 Å². The third-order valence-corrected chi connectivity index (χ3v) is 4.41. The zero-order valence-corrected chi connectivity index (χ0v) is 12.4. The highest BCUT2D eigenvalue weighted by Crippen LogP contribution is 2.27. The maximum Gasteiger partial charge on any atom is 0.229 e. The molecule has 22 heavy (non-hydrogen) atoms.